The van der Waals surface area contributed by atoms with Crippen LogP contribution in [0.25, 0.3) is 76.2 Å². The summed E-state index contributed by atoms with van der Waals surface area (Å²) in [6.45, 7) is 0. The lowest BCUT2D eigenvalue weighted by atomic mass is 10.0. The van der Waals surface area contributed by atoms with E-state index < -0.39 is 6.16 Å². The Bertz CT molecular complexity index is 3170. The molecule has 4 heterocycles. The molecule has 0 saturated carbocycles. The molecular weight excluding hydrogens is 665 g/mol. The number of pyridine rings is 4. The van der Waals surface area contributed by atoms with Gasteiger partial charge >= 0.3 is 6.16 Å². The summed E-state index contributed by atoms with van der Waals surface area (Å²) in [7, 11) is 0. The van der Waals surface area contributed by atoms with Gasteiger partial charge in [0.2, 0.25) is 0 Å². The second kappa shape index (κ2) is 10.4. The lowest BCUT2D eigenvalue weighted by Crippen LogP contribution is -2.15. The molecule has 10 aromatic rings. The Kier molecular flexibility index (Phi) is 5.94. The van der Waals surface area contributed by atoms with Gasteiger partial charge in [-0.25, -0.2) is 4.79 Å². The summed E-state index contributed by atoms with van der Waals surface area (Å²) in [5.41, 5.74) is 4.33. The van der Waals surface area contributed by atoms with Crippen LogP contribution in [-0.2, 0) is 0 Å². The molecule has 0 aliphatic heterocycles. The predicted molar refractivity (Wildman–Crippen MR) is 203 cm³/mol. The summed E-state index contributed by atoms with van der Waals surface area (Å²) < 4.78 is 16.6. The highest BCUT2D eigenvalue weighted by atomic mass is 32.1. The van der Waals surface area contributed by atoms with E-state index in [4.69, 9.17) is 33.9 Å². The zero-order valence-electron chi connectivity index (χ0n) is 25.8. The van der Waals surface area contributed by atoms with Crippen LogP contribution in [0, 0.1) is 9.02 Å². The molecule has 0 fully saturated rings. The van der Waals surface area contributed by atoms with Crippen LogP contribution in [0.15, 0.2) is 131 Å². The van der Waals surface area contributed by atoms with Gasteiger partial charge in [0.25, 0.3) is 0 Å². The van der Waals surface area contributed by atoms with Crippen LogP contribution < -0.4 is 20.3 Å². The van der Waals surface area contributed by atoms with Crippen LogP contribution in [0.3, 0.4) is 0 Å². The van der Waals surface area contributed by atoms with E-state index >= 15 is 0 Å². The first kappa shape index (κ1) is 28.7. The predicted octanol–water partition coefficient (Wildman–Crippen LogP) is 9.74. The van der Waals surface area contributed by atoms with E-state index in [-0.39, 0.29) is 22.4 Å². The average Bonchev–Trinajstić information content (AvgIpc) is 3.14. The number of para-hydroxylation sites is 4. The minimum Gasteiger partial charge on any atom is -0.395 e. The van der Waals surface area contributed by atoms with Crippen LogP contribution >= 0.6 is 24.4 Å². The number of carbonyl (C=O) groups excluding carboxylic acids is 1. The Morgan fingerprint density at radius 1 is 0.440 bits per heavy atom. The summed E-state index contributed by atoms with van der Waals surface area (Å²) in [5, 5.41) is 5.24. The monoisotopic (exact) mass is 684 g/mol. The van der Waals surface area contributed by atoms with Crippen LogP contribution in [0.4, 0.5) is 4.79 Å². The van der Waals surface area contributed by atoms with Crippen LogP contribution in [0.2, 0.25) is 0 Å². The zero-order chi connectivity index (χ0) is 33.8. The van der Waals surface area contributed by atoms with Gasteiger partial charge in [0.05, 0.1) is 47.5 Å². The molecule has 0 aliphatic carbocycles. The van der Waals surface area contributed by atoms with Crippen molar-refractivity contribution in [2.45, 2.75) is 0 Å². The van der Waals surface area contributed by atoms with Crippen molar-refractivity contribution in [1.29, 1.82) is 0 Å². The third kappa shape index (κ3) is 3.87. The Hall–Kier alpha value is -6.29. The Morgan fingerprint density at radius 2 is 0.860 bits per heavy atom. The summed E-state index contributed by atoms with van der Waals surface area (Å²) in [4.78, 5) is 40.4. The zero-order valence-corrected chi connectivity index (χ0v) is 27.4. The van der Waals surface area contributed by atoms with Crippen LogP contribution in [0.5, 0.6) is 11.5 Å². The maximum absolute atomic E-state index is 13.8. The molecule has 0 bridgehead atoms. The first-order valence-electron chi connectivity index (χ1n) is 15.8. The third-order valence-corrected chi connectivity index (χ3v) is 10.5. The Balaban J connectivity index is 1.07. The van der Waals surface area contributed by atoms with E-state index in [9.17, 15) is 14.4 Å². The Labute approximate surface area is 291 Å². The number of hydrogen-bond acceptors (Lipinski definition) is 7. The highest BCUT2D eigenvalue weighted by molar-refractivity contribution is 7.72. The van der Waals surface area contributed by atoms with E-state index in [0.29, 0.717) is 41.5 Å². The maximum Gasteiger partial charge on any atom is 0.519 e. The first-order chi connectivity index (χ1) is 24.4. The van der Waals surface area contributed by atoms with E-state index in [1.807, 2.05) is 93.7 Å². The van der Waals surface area contributed by atoms with Gasteiger partial charge in [0.1, 0.15) is 11.5 Å². The fourth-order valence-corrected chi connectivity index (χ4v) is 8.13. The van der Waals surface area contributed by atoms with Gasteiger partial charge in [0.15, 0.2) is 10.9 Å². The van der Waals surface area contributed by atoms with Crippen LogP contribution in [0.1, 0.15) is 0 Å². The van der Waals surface area contributed by atoms with Crippen molar-refractivity contribution in [3.05, 3.63) is 151 Å². The molecule has 50 heavy (non-hydrogen) atoms. The highest BCUT2D eigenvalue weighted by Crippen LogP contribution is 2.34. The van der Waals surface area contributed by atoms with Gasteiger partial charge in [-0.15, -0.1) is 0 Å². The molecular formula is C41H20N2O5S2. The molecule has 0 saturated heterocycles. The molecule has 0 spiro atoms. The number of carbonyl (C=O) groups is 1. The fraction of sp³-hybridized carbons (Fsp3) is 0. The molecule has 0 unspecified atom stereocenters. The second-order valence-electron chi connectivity index (χ2n) is 12.2. The second-order valence-corrected chi connectivity index (χ2v) is 13.1. The van der Waals surface area contributed by atoms with Crippen molar-refractivity contribution in [2.24, 2.45) is 0 Å². The number of hydrogen-bond donors (Lipinski definition) is 0. The molecule has 6 aromatic carbocycles. The van der Waals surface area contributed by atoms with Gasteiger partial charge in [-0.05, 0) is 66.7 Å². The molecule has 0 atom stereocenters. The molecule has 0 amide bonds. The quantitative estimate of drug-likeness (QED) is 0.0590. The molecule has 7 nitrogen and oxygen atoms in total. The molecule has 236 valence electrons. The molecule has 4 aromatic heterocycles. The van der Waals surface area contributed by atoms with Crippen molar-refractivity contribution in [1.82, 2.24) is 8.80 Å². The first-order valence-corrected chi connectivity index (χ1v) is 16.6. The summed E-state index contributed by atoms with van der Waals surface area (Å²) in [6.07, 6.45) is -0.970. The average molecular weight is 685 g/mol. The maximum atomic E-state index is 13.8. The SMILES string of the molecule is O=C(Oc1ccc2c(c1)c(=O)c1cccc3c(=S)c4ccccc4n2c13)Oc1ccc2c(c1)c(=S)c1cccc3c(=O)c4ccccc4n2c31. The normalized spacial score (nSPS) is 12.0. The lowest BCUT2D eigenvalue weighted by Gasteiger charge is -2.16. The van der Waals surface area contributed by atoms with Crippen molar-refractivity contribution < 1.29 is 14.3 Å². The third-order valence-electron chi connectivity index (χ3n) is 9.59. The summed E-state index contributed by atoms with van der Waals surface area (Å²) in [6, 6.07) is 36.6. The Morgan fingerprint density at radius 3 is 1.48 bits per heavy atom. The molecule has 10 rings (SSSR count). The number of ether oxygens (including phenoxy) is 2. The largest absolute Gasteiger partial charge is 0.519 e. The number of benzene rings is 6. The number of rotatable bonds is 2. The van der Waals surface area contributed by atoms with Crippen molar-refractivity contribution in [3.63, 3.8) is 0 Å². The van der Waals surface area contributed by atoms with Crippen molar-refractivity contribution in [2.75, 3.05) is 0 Å². The summed E-state index contributed by atoms with van der Waals surface area (Å²) >= 11 is 11.7. The van der Waals surface area contributed by atoms with Gasteiger partial charge in [-0.1, -0.05) is 79.0 Å². The van der Waals surface area contributed by atoms with Gasteiger partial charge in [-0.3, -0.25) is 9.59 Å². The number of nitrogens with zero attached hydrogens (tertiary/aromatic N) is 2. The lowest BCUT2D eigenvalue weighted by molar-refractivity contribution is 0.152. The number of fused-ring (bicyclic) bond motifs is 8. The van der Waals surface area contributed by atoms with Gasteiger partial charge in [0, 0.05) is 37.7 Å². The summed E-state index contributed by atoms with van der Waals surface area (Å²) in [5.74, 6) is 0.389. The smallest absolute Gasteiger partial charge is 0.395 e. The molecule has 0 aliphatic rings. The van der Waals surface area contributed by atoms with E-state index in [1.165, 1.54) is 0 Å². The topological polar surface area (TPSA) is 78.5 Å². The molecule has 0 N–H and O–H groups in total. The molecule has 9 heteroatoms. The minimum absolute atomic E-state index is 0.0506. The van der Waals surface area contributed by atoms with E-state index in [0.717, 1.165) is 43.7 Å². The van der Waals surface area contributed by atoms with E-state index in [1.54, 1.807) is 36.4 Å². The standard InChI is InChI=1S/C41H20N2O5S2/c44-37-23-7-1-3-13-31(23)42-34-18-16-22(20-30(34)40(50)28-12-5-9-25(37)35(28)42)48-41(46)47-21-15-17-33-29(19-21)38(45)26-10-6-11-27-36(26)43(33)32-14-4-2-8-24(32)39(27)49/h1-20H. The minimum atomic E-state index is -0.970. The van der Waals surface area contributed by atoms with Crippen molar-refractivity contribution >= 4 is 107 Å². The van der Waals surface area contributed by atoms with Crippen molar-refractivity contribution in [3.8, 4) is 11.5 Å². The van der Waals surface area contributed by atoms with Gasteiger partial charge < -0.3 is 18.3 Å². The molecule has 0 radical (unpaired) electrons. The fourth-order valence-electron chi connectivity index (χ4n) is 7.47. The van der Waals surface area contributed by atoms with Gasteiger partial charge in [-0.2, -0.15) is 0 Å². The van der Waals surface area contributed by atoms with Crippen LogP contribution in [-0.4, -0.2) is 15.0 Å². The number of aromatic nitrogens is 2. The highest BCUT2D eigenvalue weighted by Gasteiger charge is 2.19. The van der Waals surface area contributed by atoms with E-state index in [2.05, 4.69) is 0 Å².